The summed E-state index contributed by atoms with van der Waals surface area (Å²) < 4.78 is 0. The molecule has 1 aromatic rings. The van der Waals surface area contributed by atoms with E-state index in [-0.39, 0.29) is 30.5 Å². The molecule has 1 N–H and O–H groups in total. The number of benzene rings is 1. The number of carbonyl (C=O) groups excluding carboxylic acids is 4. The molecule has 5 rings (SSSR count). The minimum Gasteiger partial charge on any atom is -0.508 e. The van der Waals surface area contributed by atoms with Crippen molar-refractivity contribution in [3.05, 3.63) is 41.0 Å². The van der Waals surface area contributed by atoms with Gasteiger partial charge in [0.25, 0.3) is 11.8 Å². The summed E-state index contributed by atoms with van der Waals surface area (Å²) in [5.74, 6) is -4.05. The van der Waals surface area contributed by atoms with E-state index in [1.54, 1.807) is 26.0 Å². The summed E-state index contributed by atoms with van der Waals surface area (Å²) in [5.41, 5.74) is 1.96. The number of carbonyl (C=O) groups is 4. The van der Waals surface area contributed by atoms with Gasteiger partial charge in [0.15, 0.2) is 9.75 Å². The molecule has 9 heteroatoms. The molecule has 0 bridgehead atoms. The first-order valence-electron chi connectivity index (χ1n) is 11.0. The molecule has 1 aromatic carbocycles. The lowest BCUT2D eigenvalue weighted by molar-refractivity contribution is -0.141. The molecule has 6 unspecified atom stereocenters. The van der Waals surface area contributed by atoms with Crippen molar-refractivity contribution >= 4 is 46.8 Å². The largest absolute Gasteiger partial charge is 0.508 e. The number of amides is 4. The van der Waals surface area contributed by atoms with Crippen LogP contribution in [0.4, 0.5) is 0 Å². The number of hydrogen-bond donors (Lipinski definition) is 1. The molecule has 7 nitrogen and oxygen atoms in total. The van der Waals surface area contributed by atoms with Crippen molar-refractivity contribution < 1.29 is 24.3 Å². The molecule has 0 aromatic heterocycles. The molecule has 2 saturated heterocycles. The maximum Gasteiger partial charge on any atom is 0.253 e. The molecule has 33 heavy (non-hydrogen) atoms. The van der Waals surface area contributed by atoms with Crippen LogP contribution in [0.3, 0.4) is 0 Å². The second-order valence-corrected chi connectivity index (χ2v) is 10.7. The van der Waals surface area contributed by atoms with Crippen LogP contribution in [0, 0.1) is 24.7 Å². The molecular formula is C24H24Cl2N2O5. The van der Waals surface area contributed by atoms with Crippen molar-refractivity contribution in [2.45, 2.75) is 42.4 Å². The highest BCUT2D eigenvalue weighted by Gasteiger charge is 2.75. The highest BCUT2D eigenvalue weighted by atomic mass is 35.5. The number of likely N-dealkylation sites (tertiary alicyclic amines) is 2. The number of nitrogens with zero attached hydrogens (tertiary/aromatic N) is 2. The number of phenols is 1. The lowest BCUT2D eigenvalue weighted by atomic mass is 9.56. The van der Waals surface area contributed by atoms with Crippen LogP contribution in [-0.2, 0) is 19.2 Å². The first-order chi connectivity index (χ1) is 15.5. The minimum absolute atomic E-state index is 0.00981. The Labute approximate surface area is 201 Å². The molecule has 4 aliphatic rings. The van der Waals surface area contributed by atoms with Gasteiger partial charge < -0.3 is 5.11 Å². The molecular weight excluding hydrogens is 467 g/mol. The summed E-state index contributed by atoms with van der Waals surface area (Å²) >= 11 is 14.1. The number of imide groups is 2. The van der Waals surface area contributed by atoms with Gasteiger partial charge in [-0.05, 0) is 49.8 Å². The van der Waals surface area contributed by atoms with Crippen molar-refractivity contribution in [3.63, 3.8) is 0 Å². The third-order valence-corrected chi connectivity index (χ3v) is 9.39. The Kier molecular flexibility index (Phi) is 4.80. The van der Waals surface area contributed by atoms with Gasteiger partial charge in [-0.3, -0.25) is 29.0 Å². The van der Waals surface area contributed by atoms with Gasteiger partial charge in [0.1, 0.15) is 5.75 Å². The van der Waals surface area contributed by atoms with E-state index in [2.05, 4.69) is 0 Å². The average molecular weight is 491 g/mol. The molecule has 2 aliphatic heterocycles. The Balaban J connectivity index is 1.74. The summed E-state index contributed by atoms with van der Waals surface area (Å²) in [6.07, 6.45) is 2.25. The SMILES string of the molecule is CCN1C(=O)C2CC=C3C(CC4(Cl)C(=O)N(C)C(=O)C4(Cl)C3c3ccc(O)c(C)c3)C2C1=O. The molecule has 2 aliphatic carbocycles. The van der Waals surface area contributed by atoms with Crippen molar-refractivity contribution in [1.29, 1.82) is 0 Å². The summed E-state index contributed by atoms with van der Waals surface area (Å²) in [6, 6.07) is 4.91. The molecule has 3 fully saturated rings. The lowest BCUT2D eigenvalue weighted by Crippen LogP contribution is -2.60. The van der Waals surface area contributed by atoms with Crippen LogP contribution in [0.2, 0.25) is 0 Å². The van der Waals surface area contributed by atoms with Crippen LogP contribution in [0.1, 0.15) is 36.8 Å². The third-order valence-electron chi connectivity index (χ3n) is 7.98. The number of fused-ring (bicyclic) bond motifs is 4. The minimum atomic E-state index is -1.80. The summed E-state index contributed by atoms with van der Waals surface area (Å²) in [7, 11) is 1.36. The molecule has 0 spiro atoms. The number of allylic oxidation sites excluding steroid dienone is 2. The van der Waals surface area contributed by atoms with Crippen LogP contribution in [0.5, 0.6) is 5.75 Å². The highest BCUT2D eigenvalue weighted by Crippen LogP contribution is 2.65. The first kappa shape index (κ1) is 22.4. The average Bonchev–Trinajstić information content (AvgIpc) is 3.10. The van der Waals surface area contributed by atoms with E-state index in [4.69, 9.17) is 23.2 Å². The standard InChI is InChI=1S/C24H24Cl2N2O5/c1-4-28-19(30)14-7-6-13-15(17(14)20(28)31)10-23(25)21(32)27(3)22(33)24(23,26)18(13)12-5-8-16(29)11(2)9-12/h5-6,8-9,14-15,17-18,29H,4,7,10H2,1-3H3. The van der Waals surface area contributed by atoms with Gasteiger partial charge in [-0.1, -0.05) is 23.8 Å². The van der Waals surface area contributed by atoms with E-state index in [1.807, 2.05) is 6.08 Å². The Morgan fingerprint density at radius 2 is 1.79 bits per heavy atom. The van der Waals surface area contributed by atoms with Crippen LogP contribution >= 0.6 is 23.2 Å². The Morgan fingerprint density at radius 3 is 2.42 bits per heavy atom. The highest BCUT2D eigenvalue weighted by molar-refractivity contribution is 6.53. The Bertz CT molecular complexity index is 1170. The van der Waals surface area contributed by atoms with Crippen LogP contribution in [0.25, 0.3) is 0 Å². The topological polar surface area (TPSA) is 95.0 Å². The van der Waals surface area contributed by atoms with Crippen molar-refractivity contribution in [2.24, 2.45) is 17.8 Å². The van der Waals surface area contributed by atoms with Crippen LogP contribution in [-0.4, -0.2) is 61.9 Å². The van der Waals surface area contributed by atoms with Crippen molar-refractivity contribution in [1.82, 2.24) is 9.80 Å². The number of rotatable bonds is 2. The predicted molar refractivity (Wildman–Crippen MR) is 121 cm³/mol. The molecule has 174 valence electrons. The quantitative estimate of drug-likeness (QED) is 0.390. The second-order valence-electron chi connectivity index (χ2n) is 9.46. The van der Waals surface area contributed by atoms with Crippen LogP contribution < -0.4 is 0 Å². The van der Waals surface area contributed by atoms with Crippen molar-refractivity contribution in [3.8, 4) is 5.75 Å². The van der Waals surface area contributed by atoms with Gasteiger partial charge in [-0.15, -0.1) is 23.2 Å². The van der Waals surface area contributed by atoms with Gasteiger partial charge in [-0.25, -0.2) is 0 Å². The van der Waals surface area contributed by atoms with Gasteiger partial charge in [-0.2, -0.15) is 0 Å². The molecule has 2 heterocycles. The molecule has 1 saturated carbocycles. The number of hydrogen-bond acceptors (Lipinski definition) is 5. The van der Waals surface area contributed by atoms with E-state index < -0.39 is 45.2 Å². The zero-order valence-electron chi connectivity index (χ0n) is 18.5. The van der Waals surface area contributed by atoms with E-state index in [0.29, 0.717) is 17.5 Å². The fourth-order valence-electron chi connectivity index (χ4n) is 6.35. The summed E-state index contributed by atoms with van der Waals surface area (Å²) in [5, 5.41) is 10.1. The lowest BCUT2D eigenvalue weighted by Gasteiger charge is -2.50. The number of halogens is 2. The Morgan fingerprint density at radius 1 is 1.09 bits per heavy atom. The fourth-order valence-corrected chi connectivity index (χ4v) is 7.37. The first-order valence-corrected chi connectivity index (χ1v) is 11.8. The number of alkyl halides is 2. The zero-order valence-corrected chi connectivity index (χ0v) is 20.0. The maximum absolute atomic E-state index is 13.4. The maximum atomic E-state index is 13.4. The summed E-state index contributed by atoms with van der Waals surface area (Å²) in [6.45, 7) is 3.76. The molecule has 6 atom stereocenters. The zero-order chi connectivity index (χ0) is 24.0. The van der Waals surface area contributed by atoms with Gasteiger partial charge >= 0.3 is 0 Å². The fraction of sp³-hybridized carbons (Fsp3) is 0.500. The third kappa shape index (κ3) is 2.58. The number of aromatic hydroxyl groups is 1. The smallest absolute Gasteiger partial charge is 0.253 e. The van der Waals surface area contributed by atoms with Crippen molar-refractivity contribution in [2.75, 3.05) is 13.6 Å². The Hall–Kier alpha value is -2.38. The molecule has 4 amide bonds. The number of phenolic OH excluding ortho intramolecular Hbond substituents is 1. The van der Waals surface area contributed by atoms with E-state index in [9.17, 15) is 24.3 Å². The van der Waals surface area contributed by atoms with Gasteiger partial charge in [0.2, 0.25) is 11.8 Å². The normalized spacial score (nSPS) is 37.8. The second kappa shape index (κ2) is 7.06. The van der Waals surface area contributed by atoms with Gasteiger partial charge in [0, 0.05) is 19.5 Å². The van der Waals surface area contributed by atoms with Crippen LogP contribution in [0.15, 0.2) is 29.8 Å². The van der Waals surface area contributed by atoms with E-state index in [1.165, 1.54) is 18.0 Å². The number of aryl methyl sites for hydroxylation is 1. The predicted octanol–water partition coefficient (Wildman–Crippen LogP) is 2.71. The van der Waals surface area contributed by atoms with E-state index in [0.717, 1.165) is 10.5 Å². The van der Waals surface area contributed by atoms with E-state index >= 15 is 0 Å². The van der Waals surface area contributed by atoms with Gasteiger partial charge in [0.05, 0.1) is 11.8 Å². The summed E-state index contributed by atoms with van der Waals surface area (Å²) in [4.78, 5) is 51.5. The monoisotopic (exact) mass is 490 g/mol. The molecule has 0 radical (unpaired) electrons.